The highest BCUT2D eigenvalue weighted by Crippen LogP contribution is 2.28. The van der Waals surface area contributed by atoms with E-state index in [2.05, 4.69) is 36.4 Å². The van der Waals surface area contributed by atoms with Gasteiger partial charge in [-0.15, -0.1) is 0 Å². The second-order valence-electron chi connectivity index (χ2n) is 4.02. The van der Waals surface area contributed by atoms with Crippen LogP contribution in [-0.2, 0) is 23.5 Å². The van der Waals surface area contributed by atoms with E-state index in [0.717, 1.165) is 12.8 Å². The molecule has 0 amide bonds. The number of hydrogen-bond donors (Lipinski definition) is 1. The minimum atomic E-state index is -0.507. The number of aryl methyl sites for hydroxylation is 2. The van der Waals surface area contributed by atoms with Gasteiger partial charge in [0.05, 0.1) is 0 Å². The summed E-state index contributed by atoms with van der Waals surface area (Å²) in [4.78, 5) is 2.40. The molecule has 16 heavy (non-hydrogen) atoms. The topological polar surface area (TPSA) is 23.9 Å². The van der Waals surface area contributed by atoms with E-state index in [1.165, 1.54) is 20.9 Å². The Hall–Kier alpha value is -1.41. The van der Waals surface area contributed by atoms with Gasteiger partial charge in [-0.1, -0.05) is 36.4 Å². The molecule has 0 aliphatic carbocycles. The lowest BCUT2D eigenvalue weighted by Crippen LogP contribution is -1.93. The normalized spacial score (nSPS) is 15.0. The van der Waals surface area contributed by atoms with E-state index in [1.54, 1.807) is 0 Å². The minimum Gasteiger partial charge on any atom is -0.271 e. The molecule has 80 valence electrons. The van der Waals surface area contributed by atoms with Crippen LogP contribution in [-0.4, -0.2) is 0 Å². The van der Waals surface area contributed by atoms with Crippen LogP contribution in [0.15, 0.2) is 58.3 Å². The van der Waals surface area contributed by atoms with Crippen molar-refractivity contribution in [3.8, 4) is 0 Å². The molecule has 0 radical (unpaired) electrons. The third-order valence-electron chi connectivity index (χ3n) is 3.05. The van der Waals surface area contributed by atoms with Crippen LogP contribution in [0.3, 0.4) is 0 Å². The Morgan fingerprint density at radius 2 is 1.19 bits per heavy atom. The highest BCUT2D eigenvalue weighted by molar-refractivity contribution is 7.86. The fraction of sp³-hybridized carbons (Fsp3) is 0.143. The van der Waals surface area contributed by atoms with Crippen LogP contribution in [0.2, 0.25) is 0 Å². The zero-order chi connectivity index (χ0) is 11.0. The van der Waals surface area contributed by atoms with Crippen molar-refractivity contribution in [2.45, 2.75) is 22.6 Å². The van der Waals surface area contributed by atoms with Crippen molar-refractivity contribution in [2.24, 2.45) is 0 Å². The fourth-order valence-corrected chi connectivity index (χ4v) is 3.74. The molecule has 0 fully saturated rings. The maximum absolute atomic E-state index is 8.40. The predicted octanol–water partition coefficient (Wildman–Crippen LogP) is 3.58. The molecule has 0 spiro atoms. The molecule has 2 aromatic rings. The van der Waals surface area contributed by atoms with Crippen molar-refractivity contribution < 1.29 is 0 Å². The molecule has 2 heteroatoms. The molecule has 0 saturated carbocycles. The van der Waals surface area contributed by atoms with Crippen molar-refractivity contribution >= 4 is 10.7 Å². The van der Waals surface area contributed by atoms with Crippen molar-refractivity contribution in [1.29, 1.82) is 4.78 Å². The molecule has 1 aliphatic heterocycles. The average molecular weight is 227 g/mol. The maximum Gasteiger partial charge on any atom is 0.0261 e. The summed E-state index contributed by atoms with van der Waals surface area (Å²) in [7, 11) is -0.507. The van der Waals surface area contributed by atoms with E-state index < -0.39 is 10.7 Å². The number of hydrogen-bond acceptors (Lipinski definition) is 1. The molecule has 0 saturated heterocycles. The standard InChI is InChI=1S/C14H13NS/c15-16-13-7-3-1-5-11(13)9-10-12-6-2-4-8-14(12)16/h1-8,15H,9-10H2. The van der Waals surface area contributed by atoms with Crippen LogP contribution in [0, 0.1) is 4.78 Å². The van der Waals surface area contributed by atoms with E-state index in [4.69, 9.17) is 4.78 Å². The summed E-state index contributed by atoms with van der Waals surface area (Å²) in [5, 5.41) is 0. The summed E-state index contributed by atoms with van der Waals surface area (Å²) in [5.74, 6) is 0. The second-order valence-corrected chi connectivity index (χ2v) is 5.51. The molecular formula is C14H13NS. The first-order valence-corrected chi connectivity index (χ1v) is 6.70. The van der Waals surface area contributed by atoms with Gasteiger partial charge in [-0.3, -0.25) is 4.78 Å². The molecule has 0 bridgehead atoms. The maximum atomic E-state index is 8.40. The molecule has 3 rings (SSSR count). The summed E-state index contributed by atoms with van der Waals surface area (Å²) in [5.41, 5.74) is 2.69. The zero-order valence-electron chi connectivity index (χ0n) is 8.94. The van der Waals surface area contributed by atoms with Crippen molar-refractivity contribution in [1.82, 2.24) is 0 Å². The van der Waals surface area contributed by atoms with Crippen molar-refractivity contribution in [3.05, 3.63) is 59.7 Å². The van der Waals surface area contributed by atoms with Crippen LogP contribution in [0.4, 0.5) is 0 Å². The summed E-state index contributed by atoms with van der Waals surface area (Å²) < 4.78 is 8.40. The molecule has 1 nitrogen and oxygen atoms in total. The van der Waals surface area contributed by atoms with Crippen LogP contribution in [0.25, 0.3) is 0 Å². The third-order valence-corrected chi connectivity index (χ3v) is 4.72. The van der Waals surface area contributed by atoms with Gasteiger partial charge in [0.15, 0.2) is 0 Å². The quantitative estimate of drug-likeness (QED) is 0.711. The van der Waals surface area contributed by atoms with Crippen molar-refractivity contribution in [2.75, 3.05) is 0 Å². The summed E-state index contributed by atoms with van der Waals surface area (Å²) in [6.45, 7) is 0. The first-order valence-electron chi connectivity index (χ1n) is 5.47. The minimum absolute atomic E-state index is 0.507. The predicted molar refractivity (Wildman–Crippen MR) is 66.9 cm³/mol. The molecule has 1 aliphatic rings. The van der Waals surface area contributed by atoms with E-state index in [-0.39, 0.29) is 0 Å². The summed E-state index contributed by atoms with van der Waals surface area (Å²) in [6.07, 6.45) is 2.13. The van der Waals surface area contributed by atoms with E-state index >= 15 is 0 Å². The number of benzene rings is 2. The first kappa shape index (κ1) is 9.79. The lowest BCUT2D eigenvalue weighted by Gasteiger charge is -2.08. The lowest BCUT2D eigenvalue weighted by atomic mass is 10.0. The molecular weight excluding hydrogens is 214 g/mol. The molecule has 0 aromatic heterocycles. The van der Waals surface area contributed by atoms with Crippen molar-refractivity contribution in [3.63, 3.8) is 0 Å². The SMILES string of the molecule is N=S1c2ccccc2CCc2ccccc21. The fourth-order valence-electron chi connectivity index (χ4n) is 2.21. The lowest BCUT2D eigenvalue weighted by molar-refractivity contribution is 0.928. The Labute approximate surface area is 98.0 Å². The Balaban J connectivity index is 2.22. The van der Waals surface area contributed by atoms with Crippen LogP contribution in [0.5, 0.6) is 0 Å². The Morgan fingerprint density at radius 1 is 0.750 bits per heavy atom. The van der Waals surface area contributed by atoms with Gasteiger partial charge < -0.3 is 0 Å². The van der Waals surface area contributed by atoms with Gasteiger partial charge in [-0.25, -0.2) is 0 Å². The molecule has 1 heterocycles. The van der Waals surface area contributed by atoms with Gasteiger partial charge in [0.25, 0.3) is 0 Å². The Bertz CT molecular complexity index is 511. The Kier molecular flexibility index (Phi) is 2.37. The summed E-state index contributed by atoms with van der Waals surface area (Å²) >= 11 is 0. The highest BCUT2D eigenvalue weighted by Gasteiger charge is 2.15. The van der Waals surface area contributed by atoms with Gasteiger partial charge in [0.2, 0.25) is 0 Å². The van der Waals surface area contributed by atoms with Crippen LogP contribution < -0.4 is 0 Å². The number of rotatable bonds is 0. The zero-order valence-corrected chi connectivity index (χ0v) is 9.76. The van der Waals surface area contributed by atoms with E-state index in [9.17, 15) is 0 Å². The van der Waals surface area contributed by atoms with Gasteiger partial charge in [-0.2, -0.15) is 0 Å². The first-order chi connectivity index (χ1) is 7.86. The largest absolute Gasteiger partial charge is 0.271 e. The van der Waals surface area contributed by atoms with E-state index in [0.29, 0.717) is 0 Å². The molecule has 0 atom stereocenters. The molecule has 0 unspecified atom stereocenters. The highest BCUT2D eigenvalue weighted by atomic mass is 32.2. The van der Waals surface area contributed by atoms with Gasteiger partial charge in [0.1, 0.15) is 0 Å². The third kappa shape index (κ3) is 1.50. The summed E-state index contributed by atoms with van der Waals surface area (Å²) in [6, 6.07) is 16.8. The number of fused-ring (bicyclic) bond motifs is 2. The van der Waals surface area contributed by atoms with Crippen LogP contribution in [0.1, 0.15) is 11.1 Å². The molecule has 1 N–H and O–H groups in total. The van der Waals surface area contributed by atoms with Gasteiger partial charge >= 0.3 is 0 Å². The smallest absolute Gasteiger partial charge is 0.0261 e. The van der Waals surface area contributed by atoms with Gasteiger partial charge in [-0.05, 0) is 46.8 Å². The van der Waals surface area contributed by atoms with Gasteiger partial charge in [0, 0.05) is 9.79 Å². The second kappa shape index (κ2) is 3.87. The number of nitrogens with one attached hydrogen (secondary N) is 1. The van der Waals surface area contributed by atoms with E-state index in [1.807, 2.05) is 12.1 Å². The Morgan fingerprint density at radius 3 is 1.69 bits per heavy atom. The molecule has 2 aromatic carbocycles. The average Bonchev–Trinajstić information content (AvgIpc) is 2.49. The van der Waals surface area contributed by atoms with Crippen LogP contribution >= 0.6 is 0 Å². The monoisotopic (exact) mass is 227 g/mol.